The van der Waals surface area contributed by atoms with Crippen molar-refractivity contribution < 1.29 is 33.6 Å². The Bertz CT molecular complexity index is 1300. The summed E-state index contributed by atoms with van der Waals surface area (Å²) < 4.78 is 24.9. The molecule has 0 aromatic carbocycles. The van der Waals surface area contributed by atoms with E-state index in [0.717, 1.165) is 31.6 Å². The third kappa shape index (κ3) is 4.75. The van der Waals surface area contributed by atoms with Crippen molar-refractivity contribution in [2.24, 2.45) is 45.3 Å². The fraction of sp³-hybridized carbons (Fsp3) is 0.865. The molecule has 0 bridgehead atoms. The summed E-state index contributed by atoms with van der Waals surface area (Å²) >= 11 is 0. The van der Waals surface area contributed by atoms with Gasteiger partial charge in [-0.05, 0) is 136 Å². The second-order valence-corrected chi connectivity index (χ2v) is 17.6. The maximum absolute atomic E-state index is 13.0. The van der Waals surface area contributed by atoms with Gasteiger partial charge in [-0.2, -0.15) is 13.5 Å². The lowest BCUT2D eigenvalue weighted by Crippen LogP contribution is -2.56. The molecule has 9 unspecified atom stereocenters. The van der Waals surface area contributed by atoms with Crippen molar-refractivity contribution in [2.45, 2.75) is 135 Å². The molecule has 9 heteroatoms. The van der Waals surface area contributed by atoms with Gasteiger partial charge in [-0.15, -0.1) is 0 Å². The number of carbonyl (C=O) groups excluding carboxylic acids is 1. The van der Waals surface area contributed by atoms with Gasteiger partial charge in [0, 0.05) is 6.54 Å². The first-order valence-corrected chi connectivity index (χ1v) is 18.0. The normalized spacial score (nSPS) is 46.5. The molecule has 2 N–H and O–H groups in total. The van der Waals surface area contributed by atoms with E-state index in [1.807, 2.05) is 0 Å². The summed E-state index contributed by atoms with van der Waals surface area (Å²) in [6.07, 6.45) is 12.2. The molecule has 1 aromatic heterocycles. The van der Waals surface area contributed by atoms with E-state index in [9.17, 15) is 15.0 Å². The molecule has 7 fully saturated rings. The first-order valence-electron chi connectivity index (χ1n) is 18.0. The third-order valence-corrected chi connectivity index (χ3v) is 15.0. The number of aliphatic hydroxyl groups is 2. The molecule has 0 radical (unpaired) electrons. The Kier molecular flexibility index (Phi) is 8.14. The van der Waals surface area contributed by atoms with Gasteiger partial charge in [-0.25, -0.2) is 0 Å². The van der Waals surface area contributed by atoms with Gasteiger partial charge in [0.05, 0.1) is 43.3 Å². The lowest BCUT2D eigenvalue weighted by Gasteiger charge is -2.60. The summed E-state index contributed by atoms with van der Waals surface area (Å²) in [6, 6.07) is 3.47. The summed E-state index contributed by atoms with van der Waals surface area (Å²) in [5.41, 5.74) is 0.0795. The van der Waals surface area contributed by atoms with E-state index in [0.29, 0.717) is 59.5 Å². The number of carbonyl (C=O) groups is 1. The molecule has 1 amide bonds. The number of hydrogen-bond acceptors (Lipinski definition) is 7. The average molecular weight is 660 g/mol. The molecular weight excluding hydrogens is 602 g/mol. The van der Waals surface area contributed by atoms with Crippen LogP contribution in [-0.4, -0.2) is 77.0 Å². The molecule has 3 heterocycles. The number of morpholine rings is 1. The molecule has 2 spiro atoms. The molecule has 5 saturated carbocycles. The summed E-state index contributed by atoms with van der Waals surface area (Å²) in [5.74, 6) is 2.92. The van der Waals surface area contributed by atoms with Gasteiger partial charge in [-0.1, -0.05) is 20.8 Å². The van der Waals surface area contributed by atoms with E-state index in [-0.39, 0.29) is 43.1 Å². The molecule has 8 nitrogen and oxygen atoms in total. The Morgan fingerprint density at radius 1 is 1.04 bits per heavy atom. The number of rotatable bonds is 5. The average Bonchev–Trinajstić information content (AvgIpc) is 3.26. The largest absolute Gasteiger partial charge is 0.459 e. The van der Waals surface area contributed by atoms with Crippen LogP contribution < -0.4 is 0 Å². The Morgan fingerprint density at radius 2 is 1.83 bits per heavy atom. The summed E-state index contributed by atoms with van der Waals surface area (Å²) in [7, 11) is 0. The van der Waals surface area contributed by atoms with E-state index in [1.54, 1.807) is 37.1 Å². The SMILES string of the molecule is CC12CCC34C[C@@]35CC[C@H](OC3CN(C(=O)c6ccco6)CCO3)C(C)(C)C5CCC4C1CC1OC([C@H](O)C(C)(C)O)CCC12.S. The first kappa shape index (κ1) is 33.4. The predicted octanol–water partition coefficient (Wildman–Crippen LogP) is 5.91. The molecule has 258 valence electrons. The zero-order valence-corrected chi connectivity index (χ0v) is 29.5. The third-order valence-electron chi connectivity index (χ3n) is 15.0. The summed E-state index contributed by atoms with van der Waals surface area (Å²) in [5, 5.41) is 21.3. The van der Waals surface area contributed by atoms with E-state index in [2.05, 4.69) is 20.8 Å². The maximum atomic E-state index is 13.0. The van der Waals surface area contributed by atoms with Gasteiger partial charge in [-0.3, -0.25) is 4.79 Å². The highest BCUT2D eigenvalue weighted by Gasteiger charge is 2.80. The van der Waals surface area contributed by atoms with Crippen molar-refractivity contribution in [3.8, 4) is 0 Å². The van der Waals surface area contributed by atoms with Crippen molar-refractivity contribution in [1.82, 2.24) is 4.90 Å². The molecule has 1 aromatic rings. The standard InChI is InChI=1S/C37H55NO7.H2S/c1-33(2)28-11-9-22-24-19-27-23(8-10-25(44-27)31(39)34(3,4)41)35(24,5)14-15-36(22)21-37(28,36)13-12-29(33)45-30-20-38(16-18-43-30)32(40)26-7-6-17-42-26;/h6-7,17,22-25,27-31,39,41H,8-16,18-21H2,1-5H3;1H2/t22?,23?,24?,25?,27?,28?,29-,30?,31-,35?,36?,37+;/m0./s1. The molecule has 7 aliphatic rings. The highest BCUT2D eigenvalue weighted by Crippen LogP contribution is 2.87. The van der Waals surface area contributed by atoms with Crippen LogP contribution in [0.2, 0.25) is 0 Å². The number of aliphatic hydroxyl groups excluding tert-OH is 1. The zero-order chi connectivity index (χ0) is 31.6. The lowest BCUT2D eigenvalue weighted by atomic mass is 9.46. The van der Waals surface area contributed by atoms with Crippen molar-refractivity contribution in [1.29, 1.82) is 0 Å². The van der Waals surface area contributed by atoms with Gasteiger partial charge in [0.15, 0.2) is 12.1 Å². The Hall–Kier alpha value is -1.10. The predicted molar refractivity (Wildman–Crippen MR) is 177 cm³/mol. The Labute approximate surface area is 281 Å². The maximum Gasteiger partial charge on any atom is 0.289 e. The Balaban J connectivity index is 0.00000338. The second kappa shape index (κ2) is 11.2. The molecular formula is C37H57NO7S. The fourth-order valence-corrected chi connectivity index (χ4v) is 12.8. The number of ether oxygens (including phenoxy) is 3. The number of fused-ring (bicyclic) bond motifs is 4. The Morgan fingerprint density at radius 3 is 2.57 bits per heavy atom. The van der Waals surface area contributed by atoms with E-state index in [4.69, 9.17) is 18.6 Å². The van der Waals surface area contributed by atoms with Crippen LogP contribution in [0.15, 0.2) is 22.8 Å². The van der Waals surface area contributed by atoms with Crippen LogP contribution in [0.4, 0.5) is 0 Å². The minimum Gasteiger partial charge on any atom is -0.459 e. The van der Waals surface area contributed by atoms with Crippen LogP contribution in [0.5, 0.6) is 0 Å². The minimum absolute atomic E-state index is 0. The molecule has 8 rings (SSSR count). The van der Waals surface area contributed by atoms with Crippen molar-refractivity contribution in [3.63, 3.8) is 0 Å². The van der Waals surface area contributed by atoms with Crippen LogP contribution in [0.25, 0.3) is 0 Å². The van der Waals surface area contributed by atoms with E-state index >= 15 is 0 Å². The highest BCUT2D eigenvalue weighted by atomic mass is 32.1. The topological polar surface area (TPSA) is 102 Å². The number of nitrogens with zero attached hydrogens (tertiary/aromatic N) is 1. The molecule has 46 heavy (non-hydrogen) atoms. The minimum atomic E-state index is -1.15. The highest BCUT2D eigenvalue weighted by molar-refractivity contribution is 7.59. The quantitative estimate of drug-likeness (QED) is 0.405. The van der Waals surface area contributed by atoms with Gasteiger partial charge in [0.2, 0.25) is 0 Å². The van der Waals surface area contributed by atoms with Gasteiger partial charge in [0.25, 0.3) is 5.91 Å². The molecule has 2 aliphatic heterocycles. The summed E-state index contributed by atoms with van der Waals surface area (Å²) in [4.78, 5) is 14.8. The molecule has 2 saturated heterocycles. The van der Waals surface area contributed by atoms with Crippen molar-refractivity contribution >= 4 is 19.4 Å². The van der Waals surface area contributed by atoms with Crippen LogP contribution in [-0.2, 0) is 14.2 Å². The second-order valence-electron chi connectivity index (χ2n) is 17.6. The first-order chi connectivity index (χ1) is 21.3. The van der Waals surface area contributed by atoms with Crippen molar-refractivity contribution in [2.75, 3.05) is 19.7 Å². The number of furan rings is 1. The van der Waals surface area contributed by atoms with Crippen LogP contribution >= 0.6 is 13.5 Å². The summed E-state index contributed by atoms with van der Waals surface area (Å²) in [6.45, 7) is 12.3. The monoisotopic (exact) mass is 659 g/mol. The number of hydrogen-bond donors (Lipinski definition) is 2. The van der Waals surface area contributed by atoms with Crippen molar-refractivity contribution in [3.05, 3.63) is 24.2 Å². The van der Waals surface area contributed by atoms with Gasteiger partial charge in [0.1, 0.15) is 6.10 Å². The van der Waals surface area contributed by atoms with E-state index < -0.39 is 18.0 Å². The smallest absolute Gasteiger partial charge is 0.289 e. The van der Waals surface area contributed by atoms with Gasteiger partial charge >= 0.3 is 0 Å². The lowest BCUT2D eigenvalue weighted by molar-refractivity contribution is -0.241. The fourth-order valence-electron chi connectivity index (χ4n) is 12.8. The van der Waals surface area contributed by atoms with Crippen LogP contribution in [0, 0.1) is 45.3 Å². The zero-order valence-electron chi connectivity index (χ0n) is 28.5. The van der Waals surface area contributed by atoms with E-state index in [1.165, 1.54) is 38.5 Å². The number of amides is 1. The van der Waals surface area contributed by atoms with Crippen LogP contribution in [0.3, 0.4) is 0 Å². The van der Waals surface area contributed by atoms with Crippen LogP contribution in [0.1, 0.15) is 109 Å². The molecule has 5 aliphatic carbocycles. The molecule has 12 atom stereocenters. The van der Waals surface area contributed by atoms with Gasteiger partial charge < -0.3 is 33.7 Å².